The maximum Gasteiger partial charge on any atom is 0.247 e. The molecule has 0 radical (unpaired) electrons. The van der Waals surface area contributed by atoms with Crippen molar-refractivity contribution in [3.8, 4) is 0 Å². The number of amides is 1. The average Bonchev–Trinajstić information content (AvgIpc) is 3.23. The van der Waals surface area contributed by atoms with Gasteiger partial charge in [0.05, 0.1) is 17.4 Å². The van der Waals surface area contributed by atoms with E-state index in [-0.39, 0.29) is 16.1 Å². The quantitative estimate of drug-likeness (QED) is 0.458. The molecule has 1 heterocycles. The van der Waals surface area contributed by atoms with Crippen molar-refractivity contribution in [2.45, 2.75) is 10.9 Å². The fourth-order valence-electron chi connectivity index (χ4n) is 2.93. The van der Waals surface area contributed by atoms with E-state index >= 15 is 0 Å². The molecule has 4 rings (SSSR count). The fraction of sp³-hybridized carbons (Fsp3) is 0.0500. The molecular formula is C20H14F2N4O3S2. The summed E-state index contributed by atoms with van der Waals surface area (Å²) in [6.07, 6.45) is 0. The Morgan fingerprint density at radius 1 is 0.968 bits per heavy atom. The largest absolute Gasteiger partial charge is 0.322 e. The van der Waals surface area contributed by atoms with Crippen LogP contribution in [0.2, 0.25) is 0 Å². The van der Waals surface area contributed by atoms with Crippen LogP contribution in [-0.4, -0.2) is 23.1 Å². The van der Waals surface area contributed by atoms with Crippen LogP contribution in [0.25, 0.3) is 11.0 Å². The first-order valence-electron chi connectivity index (χ1n) is 8.89. The molecule has 1 aromatic heterocycles. The zero-order valence-corrected chi connectivity index (χ0v) is 17.3. The third-order valence-corrected chi connectivity index (χ3v) is 6.39. The van der Waals surface area contributed by atoms with Crippen molar-refractivity contribution in [3.63, 3.8) is 0 Å². The van der Waals surface area contributed by atoms with Crippen molar-refractivity contribution in [1.82, 2.24) is 13.5 Å². The minimum atomic E-state index is -4.22. The lowest BCUT2D eigenvalue weighted by Crippen LogP contribution is -2.37. The van der Waals surface area contributed by atoms with E-state index < -0.39 is 33.6 Å². The topological polar surface area (TPSA) is 101 Å². The first kappa shape index (κ1) is 21.0. The molecule has 4 aromatic rings. The molecular weight excluding hydrogens is 446 g/mol. The highest BCUT2D eigenvalue weighted by atomic mass is 32.2. The number of carbonyl (C=O) groups excluding carboxylic acids is 1. The summed E-state index contributed by atoms with van der Waals surface area (Å²) < 4.78 is 63.8. The Morgan fingerprint density at radius 2 is 1.74 bits per heavy atom. The number of rotatable bonds is 6. The highest BCUT2D eigenvalue weighted by Crippen LogP contribution is 2.25. The number of benzene rings is 3. The van der Waals surface area contributed by atoms with Crippen molar-refractivity contribution in [1.29, 1.82) is 0 Å². The Hall–Kier alpha value is -3.28. The van der Waals surface area contributed by atoms with E-state index in [0.29, 0.717) is 17.1 Å². The number of hydrogen-bond acceptors (Lipinski definition) is 6. The Bertz CT molecular complexity index is 1360. The Balaban J connectivity index is 1.70. The van der Waals surface area contributed by atoms with E-state index in [9.17, 15) is 22.0 Å². The van der Waals surface area contributed by atoms with Crippen molar-refractivity contribution in [2.24, 2.45) is 0 Å². The Morgan fingerprint density at radius 3 is 2.48 bits per heavy atom. The smallest absolute Gasteiger partial charge is 0.247 e. The number of sulfonamides is 1. The summed E-state index contributed by atoms with van der Waals surface area (Å²) in [6.45, 7) is 0. The van der Waals surface area contributed by atoms with Gasteiger partial charge in [0.2, 0.25) is 15.9 Å². The third-order valence-electron chi connectivity index (χ3n) is 4.40. The minimum Gasteiger partial charge on any atom is -0.322 e. The lowest BCUT2D eigenvalue weighted by atomic mass is 10.1. The highest BCUT2D eigenvalue weighted by Gasteiger charge is 2.29. The second-order valence-electron chi connectivity index (χ2n) is 6.47. The van der Waals surface area contributed by atoms with Gasteiger partial charge in [-0.05, 0) is 29.8 Å². The first-order chi connectivity index (χ1) is 14.8. The third kappa shape index (κ3) is 4.43. The molecule has 31 heavy (non-hydrogen) atoms. The van der Waals surface area contributed by atoms with E-state index in [1.807, 2.05) is 0 Å². The van der Waals surface area contributed by atoms with Crippen molar-refractivity contribution < 1.29 is 22.0 Å². The van der Waals surface area contributed by atoms with Gasteiger partial charge in [-0.2, -0.15) is 13.5 Å². The Kier molecular flexibility index (Phi) is 5.72. The van der Waals surface area contributed by atoms with E-state index in [4.69, 9.17) is 0 Å². The van der Waals surface area contributed by atoms with Crippen LogP contribution in [0.5, 0.6) is 0 Å². The van der Waals surface area contributed by atoms with E-state index in [2.05, 4.69) is 18.8 Å². The van der Waals surface area contributed by atoms with Crippen LogP contribution >= 0.6 is 11.7 Å². The van der Waals surface area contributed by atoms with Gasteiger partial charge < -0.3 is 5.32 Å². The number of halogens is 2. The summed E-state index contributed by atoms with van der Waals surface area (Å²) in [6, 6.07) is 13.8. The molecule has 1 unspecified atom stereocenters. The first-order valence-corrected chi connectivity index (χ1v) is 11.1. The van der Waals surface area contributed by atoms with Gasteiger partial charge >= 0.3 is 0 Å². The van der Waals surface area contributed by atoms with Crippen LogP contribution in [0.4, 0.5) is 14.5 Å². The molecule has 0 aliphatic carbocycles. The second kappa shape index (κ2) is 8.46. The second-order valence-corrected chi connectivity index (χ2v) is 8.68. The van der Waals surface area contributed by atoms with Crippen LogP contribution < -0.4 is 10.0 Å². The standard InChI is InChI=1S/C20H14F2N4O3S2/c21-13-9-10-15(14(22)11-13)23-20(27)18(12-5-2-1-3-6-12)26-31(28,29)17-8-4-7-16-19(17)25-30-24-16/h1-11,18,26H,(H,23,27). The van der Waals surface area contributed by atoms with Crippen molar-refractivity contribution in [3.05, 3.63) is 83.9 Å². The number of nitrogens with zero attached hydrogens (tertiary/aromatic N) is 2. The van der Waals surface area contributed by atoms with Crippen molar-refractivity contribution >= 4 is 44.4 Å². The lowest BCUT2D eigenvalue weighted by molar-refractivity contribution is -0.117. The van der Waals surface area contributed by atoms with E-state index in [1.54, 1.807) is 36.4 Å². The highest BCUT2D eigenvalue weighted by molar-refractivity contribution is 7.89. The molecule has 1 atom stereocenters. The number of carbonyl (C=O) groups is 1. The molecule has 11 heteroatoms. The van der Waals surface area contributed by atoms with E-state index in [0.717, 1.165) is 23.9 Å². The fourth-order valence-corrected chi connectivity index (χ4v) is 4.88. The molecule has 3 aromatic carbocycles. The SMILES string of the molecule is O=C(Nc1ccc(F)cc1F)C(NS(=O)(=O)c1cccc2nsnc12)c1ccccc1. The number of hydrogen-bond donors (Lipinski definition) is 2. The van der Waals surface area contributed by atoms with Crippen molar-refractivity contribution in [2.75, 3.05) is 5.32 Å². The van der Waals surface area contributed by atoms with Crippen LogP contribution in [0.15, 0.2) is 71.6 Å². The molecule has 0 bridgehead atoms. The molecule has 1 amide bonds. The Labute approximate surface area is 180 Å². The van der Waals surface area contributed by atoms with E-state index in [1.165, 1.54) is 12.1 Å². The molecule has 2 N–H and O–H groups in total. The monoisotopic (exact) mass is 460 g/mol. The molecule has 0 aliphatic rings. The zero-order valence-electron chi connectivity index (χ0n) is 15.6. The minimum absolute atomic E-state index is 0.138. The van der Waals surface area contributed by atoms with Gasteiger partial charge in [0.1, 0.15) is 33.6 Å². The average molecular weight is 460 g/mol. The number of aromatic nitrogens is 2. The van der Waals surface area contributed by atoms with Gasteiger partial charge in [0.15, 0.2) is 0 Å². The lowest BCUT2D eigenvalue weighted by Gasteiger charge is -2.19. The van der Waals surface area contributed by atoms with Crippen LogP contribution in [-0.2, 0) is 14.8 Å². The summed E-state index contributed by atoms with van der Waals surface area (Å²) in [7, 11) is -4.22. The number of nitrogens with one attached hydrogen (secondary N) is 2. The zero-order chi connectivity index (χ0) is 22.0. The maximum atomic E-state index is 14.0. The van der Waals surface area contributed by atoms with Crippen LogP contribution in [0, 0.1) is 11.6 Å². The molecule has 0 aliphatic heterocycles. The molecule has 158 valence electrons. The normalized spacial score (nSPS) is 12.6. The van der Waals surface area contributed by atoms with Crippen LogP contribution in [0.3, 0.4) is 0 Å². The van der Waals surface area contributed by atoms with Gasteiger partial charge in [0.25, 0.3) is 0 Å². The number of fused-ring (bicyclic) bond motifs is 1. The number of anilines is 1. The summed E-state index contributed by atoms with van der Waals surface area (Å²) in [4.78, 5) is 12.8. The molecule has 0 spiro atoms. The van der Waals surface area contributed by atoms with Gasteiger partial charge in [-0.25, -0.2) is 17.2 Å². The summed E-state index contributed by atoms with van der Waals surface area (Å²) in [5.41, 5.74) is 0.630. The van der Waals surface area contributed by atoms with Gasteiger partial charge in [-0.15, -0.1) is 0 Å². The summed E-state index contributed by atoms with van der Waals surface area (Å²) in [5, 5.41) is 2.31. The maximum absolute atomic E-state index is 14.0. The molecule has 7 nitrogen and oxygen atoms in total. The molecule has 0 saturated carbocycles. The van der Waals surface area contributed by atoms with Gasteiger partial charge in [0, 0.05) is 6.07 Å². The predicted molar refractivity (Wildman–Crippen MR) is 112 cm³/mol. The molecule has 0 saturated heterocycles. The summed E-state index contributed by atoms with van der Waals surface area (Å²) >= 11 is 0.865. The van der Waals surface area contributed by atoms with Gasteiger partial charge in [-0.3, -0.25) is 4.79 Å². The van der Waals surface area contributed by atoms with Gasteiger partial charge in [-0.1, -0.05) is 36.4 Å². The predicted octanol–water partition coefficient (Wildman–Crippen LogP) is 3.63. The van der Waals surface area contributed by atoms with Crippen LogP contribution in [0.1, 0.15) is 11.6 Å². The molecule has 0 fully saturated rings. The summed E-state index contributed by atoms with van der Waals surface area (Å²) in [5.74, 6) is -2.63.